The second-order valence-electron chi connectivity index (χ2n) is 5.52. The molecule has 2 heterocycles. The molecule has 3 rings (SSSR count). The predicted molar refractivity (Wildman–Crippen MR) is 95.5 cm³/mol. The van der Waals surface area contributed by atoms with Gasteiger partial charge in [0.1, 0.15) is 11.4 Å². The van der Waals surface area contributed by atoms with Gasteiger partial charge < -0.3 is 9.30 Å². The normalized spacial score (nSPS) is 11.5. The fraction of sp³-hybridized carbons (Fsp3) is 0.211. The summed E-state index contributed by atoms with van der Waals surface area (Å²) in [4.78, 5) is 16.9. The summed E-state index contributed by atoms with van der Waals surface area (Å²) in [6.45, 7) is 2.72. The summed E-state index contributed by atoms with van der Waals surface area (Å²) in [5.74, 6) is 0.174. The van der Waals surface area contributed by atoms with Crippen molar-refractivity contribution < 1.29 is 9.53 Å². The third kappa shape index (κ3) is 3.85. The van der Waals surface area contributed by atoms with Crippen molar-refractivity contribution in [3.8, 4) is 0 Å². The van der Waals surface area contributed by atoms with Gasteiger partial charge in [0, 0.05) is 32.2 Å². The van der Waals surface area contributed by atoms with Crippen LogP contribution >= 0.6 is 0 Å². The quantitative estimate of drug-likeness (QED) is 0.513. The number of carbonyl (C=O) groups excluding carboxylic acids is 1. The van der Waals surface area contributed by atoms with Crippen molar-refractivity contribution in [3.05, 3.63) is 72.1 Å². The minimum absolute atomic E-state index is 0.307. The molecule has 0 amide bonds. The van der Waals surface area contributed by atoms with E-state index >= 15 is 0 Å². The monoisotopic (exact) mass is 336 g/mol. The number of hydrogen-bond acceptors (Lipinski definition) is 4. The number of hydrogen-bond donors (Lipinski definition) is 0. The first-order valence-electron chi connectivity index (χ1n) is 8.11. The summed E-state index contributed by atoms with van der Waals surface area (Å²) in [5.41, 5.74) is 2.34. The lowest BCUT2D eigenvalue weighted by Crippen LogP contribution is -2.13. The highest BCUT2D eigenvalue weighted by Gasteiger charge is 2.19. The van der Waals surface area contributed by atoms with Gasteiger partial charge in [0.05, 0.1) is 12.3 Å². The van der Waals surface area contributed by atoms with Crippen LogP contribution in [0.2, 0.25) is 0 Å². The molecule has 128 valence electrons. The van der Waals surface area contributed by atoms with E-state index in [0.29, 0.717) is 24.5 Å². The van der Waals surface area contributed by atoms with Gasteiger partial charge in [-0.3, -0.25) is 4.68 Å². The number of nitrogens with zero attached hydrogens (tertiary/aromatic N) is 4. The van der Waals surface area contributed by atoms with E-state index in [0.717, 1.165) is 11.3 Å². The molecular formula is C19H20N4O2. The van der Waals surface area contributed by atoms with Gasteiger partial charge >= 0.3 is 5.97 Å². The van der Waals surface area contributed by atoms with Crippen LogP contribution in [0.4, 0.5) is 0 Å². The number of rotatable bonds is 6. The zero-order valence-corrected chi connectivity index (χ0v) is 14.3. The molecule has 0 aliphatic rings. The van der Waals surface area contributed by atoms with Crippen molar-refractivity contribution in [2.24, 2.45) is 7.05 Å². The Bertz CT molecular complexity index is 878. The Morgan fingerprint density at radius 3 is 2.68 bits per heavy atom. The van der Waals surface area contributed by atoms with Crippen LogP contribution in [0.25, 0.3) is 11.6 Å². The number of imidazole rings is 1. The highest BCUT2D eigenvalue weighted by atomic mass is 16.5. The Morgan fingerprint density at radius 1 is 1.20 bits per heavy atom. The fourth-order valence-corrected chi connectivity index (χ4v) is 2.56. The Labute approximate surface area is 146 Å². The molecule has 0 saturated carbocycles. The van der Waals surface area contributed by atoms with E-state index < -0.39 is 5.97 Å². The molecule has 0 aliphatic carbocycles. The number of aromatic nitrogens is 4. The molecule has 0 fully saturated rings. The lowest BCUT2D eigenvalue weighted by Gasteiger charge is -2.11. The second kappa shape index (κ2) is 7.61. The Balaban J connectivity index is 2.00. The van der Waals surface area contributed by atoms with Gasteiger partial charge in [0.25, 0.3) is 0 Å². The van der Waals surface area contributed by atoms with Crippen LogP contribution in [0.1, 0.15) is 24.0 Å². The molecule has 0 atom stereocenters. The standard InChI is InChI=1S/C19H20N4O2/c1-3-25-19(24)17(13-16-9-10-21-22(16)2)18-20-11-12-23(18)14-15-7-5-4-6-8-15/h4-13H,3,14H2,1-2H3. The van der Waals surface area contributed by atoms with Gasteiger partial charge in [-0.25, -0.2) is 9.78 Å². The average molecular weight is 336 g/mol. The maximum atomic E-state index is 12.5. The highest BCUT2D eigenvalue weighted by Crippen LogP contribution is 2.19. The van der Waals surface area contributed by atoms with E-state index in [1.165, 1.54) is 0 Å². The van der Waals surface area contributed by atoms with Gasteiger partial charge in [-0.2, -0.15) is 5.10 Å². The Kier molecular flexibility index (Phi) is 5.09. The van der Waals surface area contributed by atoms with E-state index in [1.807, 2.05) is 54.2 Å². The Hall–Kier alpha value is -3.15. The van der Waals surface area contributed by atoms with Crippen LogP contribution < -0.4 is 0 Å². The predicted octanol–water partition coefficient (Wildman–Crippen LogP) is 2.77. The molecule has 0 bridgehead atoms. The highest BCUT2D eigenvalue weighted by molar-refractivity contribution is 6.20. The maximum absolute atomic E-state index is 12.5. The lowest BCUT2D eigenvalue weighted by molar-refractivity contribution is -0.136. The molecule has 0 unspecified atom stereocenters. The number of ether oxygens (including phenoxy) is 1. The summed E-state index contributed by atoms with van der Waals surface area (Å²) < 4.78 is 8.87. The molecular weight excluding hydrogens is 316 g/mol. The van der Waals surface area contributed by atoms with Crippen LogP contribution in [0.15, 0.2) is 55.0 Å². The van der Waals surface area contributed by atoms with Gasteiger partial charge in [-0.1, -0.05) is 30.3 Å². The minimum Gasteiger partial charge on any atom is -0.462 e. The molecule has 1 aromatic carbocycles. The average Bonchev–Trinajstić information content (AvgIpc) is 3.23. The summed E-state index contributed by atoms with van der Waals surface area (Å²) in [6.07, 6.45) is 6.99. The van der Waals surface area contributed by atoms with Crippen molar-refractivity contribution in [1.82, 2.24) is 19.3 Å². The van der Waals surface area contributed by atoms with Crippen molar-refractivity contribution in [1.29, 1.82) is 0 Å². The lowest BCUT2D eigenvalue weighted by atomic mass is 10.2. The molecule has 6 nitrogen and oxygen atoms in total. The molecule has 0 N–H and O–H groups in total. The maximum Gasteiger partial charge on any atom is 0.341 e. The van der Waals surface area contributed by atoms with Crippen molar-refractivity contribution in [2.45, 2.75) is 13.5 Å². The first kappa shape index (κ1) is 16.7. The molecule has 0 spiro atoms. The zero-order chi connectivity index (χ0) is 17.6. The van der Waals surface area contributed by atoms with E-state index in [1.54, 1.807) is 30.1 Å². The number of benzene rings is 1. The van der Waals surface area contributed by atoms with E-state index in [-0.39, 0.29) is 0 Å². The Morgan fingerprint density at radius 2 is 2.00 bits per heavy atom. The molecule has 6 heteroatoms. The first-order valence-corrected chi connectivity index (χ1v) is 8.11. The topological polar surface area (TPSA) is 61.9 Å². The second-order valence-corrected chi connectivity index (χ2v) is 5.52. The van der Waals surface area contributed by atoms with Gasteiger partial charge in [0.15, 0.2) is 0 Å². The molecule has 25 heavy (non-hydrogen) atoms. The third-order valence-corrected chi connectivity index (χ3v) is 3.80. The van der Waals surface area contributed by atoms with Crippen LogP contribution in [-0.2, 0) is 23.1 Å². The van der Waals surface area contributed by atoms with Gasteiger partial charge in [-0.15, -0.1) is 0 Å². The number of aryl methyl sites for hydroxylation is 1. The molecule has 2 aromatic heterocycles. The zero-order valence-electron chi connectivity index (χ0n) is 14.3. The summed E-state index contributed by atoms with van der Waals surface area (Å²) >= 11 is 0. The molecule has 0 radical (unpaired) electrons. The van der Waals surface area contributed by atoms with Crippen molar-refractivity contribution in [3.63, 3.8) is 0 Å². The van der Waals surface area contributed by atoms with Gasteiger partial charge in [0.2, 0.25) is 0 Å². The summed E-state index contributed by atoms with van der Waals surface area (Å²) in [7, 11) is 1.82. The largest absolute Gasteiger partial charge is 0.462 e. The van der Waals surface area contributed by atoms with E-state index in [9.17, 15) is 4.79 Å². The SMILES string of the molecule is CCOC(=O)C(=Cc1ccnn1C)c1nccn1Cc1ccccc1. The molecule has 3 aromatic rings. The number of carbonyl (C=O) groups is 1. The number of esters is 1. The fourth-order valence-electron chi connectivity index (χ4n) is 2.56. The third-order valence-electron chi connectivity index (χ3n) is 3.80. The van der Waals surface area contributed by atoms with Crippen LogP contribution in [0.5, 0.6) is 0 Å². The van der Waals surface area contributed by atoms with Gasteiger partial charge in [-0.05, 0) is 24.6 Å². The van der Waals surface area contributed by atoms with E-state index in [4.69, 9.17) is 4.74 Å². The van der Waals surface area contributed by atoms with Crippen molar-refractivity contribution >= 4 is 17.6 Å². The molecule has 0 saturated heterocycles. The van der Waals surface area contributed by atoms with Crippen LogP contribution in [0.3, 0.4) is 0 Å². The van der Waals surface area contributed by atoms with Crippen molar-refractivity contribution in [2.75, 3.05) is 6.61 Å². The van der Waals surface area contributed by atoms with Crippen LogP contribution in [-0.4, -0.2) is 31.9 Å². The minimum atomic E-state index is -0.399. The first-order chi connectivity index (χ1) is 12.2. The molecule has 0 aliphatic heterocycles. The van der Waals surface area contributed by atoms with Crippen LogP contribution in [0, 0.1) is 0 Å². The summed E-state index contributed by atoms with van der Waals surface area (Å²) in [5, 5.41) is 4.14. The smallest absolute Gasteiger partial charge is 0.341 e. The summed E-state index contributed by atoms with van der Waals surface area (Å²) in [6, 6.07) is 11.9. The van der Waals surface area contributed by atoms with E-state index in [2.05, 4.69) is 10.1 Å².